The van der Waals surface area contributed by atoms with Crippen molar-refractivity contribution in [2.24, 2.45) is 0 Å². The van der Waals surface area contributed by atoms with Crippen molar-refractivity contribution in [1.29, 1.82) is 0 Å². The predicted molar refractivity (Wildman–Crippen MR) is 76.7 cm³/mol. The van der Waals surface area contributed by atoms with Gasteiger partial charge in [0.05, 0.1) is 12.3 Å². The fourth-order valence-electron chi connectivity index (χ4n) is 1.94. The normalized spacial score (nSPS) is 21.1. The molecule has 2 rings (SSSR count). The summed E-state index contributed by atoms with van der Waals surface area (Å²) in [6, 6.07) is 5.63. The first-order valence-electron chi connectivity index (χ1n) is 6.45. The van der Waals surface area contributed by atoms with E-state index in [0.29, 0.717) is 5.69 Å². The van der Waals surface area contributed by atoms with Gasteiger partial charge in [0, 0.05) is 11.5 Å². The molecular formula is C14H17NO4S. The van der Waals surface area contributed by atoms with Crippen molar-refractivity contribution < 1.29 is 19.1 Å². The number of esters is 1. The third kappa shape index (κ3) is 2.53. The van der Waals surface area contributed by atoms with Gasteiger partial charge in [-0.3, -0.25) is 4.79 Å². The molecule has 0 radical (unpaired) electrons. The second-order valence-corrected chi connectivity index (χ2v) is 5.54. The number of benzene rings is 1. The van der Waals surface area contributed by atoms with E-state index in [-0.39, 0.29) is 13.2 Å². The topological polar surface area (TPSA) is 64.6 Å². The number of rotatable bonds is 4. The number of hydrogen-bond donors (Lipinski definition) is 1. The highest BCUT2D eigenvalue weighted by Crippen LogP contribution is 2.44. The molecule has 0 saturated heterocycles. The third-order valence-electron chi connectivity index (χ3n) is 2.83. The van der Waals surface area contributed by atoms with Crippen molar-refractivity contribution in [1.82, 2.24) is 0 Å². The minimum atomic E-state index is -1.66. The van der Waals surface area contributed by atoms with Gasteiger partial charge in [0.2, 0.25) is 0 Å². The molecule has 1 N–H and O–H groups in total. The summed E-state index contributed by atoms with van der Waals surface area (Å²) in [5, 5.41) is 2.72. The Labute approximate surface area is 122 Å². The summed E-state index contributed by atoms with van der Waals surface area (Å²) in [4.78, 5) is 23.6. The van der Waals surface area contributed by atoms with Crippen LogP contribution in [0.1, 0.15) is 19.4 Å². The van der Waals surface area contributed by atoms with E-state index in [0.717, 1.165) is 22.2 Å². The SMILES string of the molecule is CCOC(=O)C1(OCC)Sc2cc(C)ccc2NC1=O. The largest absolute Gasteiger partial charge is 0.463 e. The summed E-state index contributed by atoms with van der Waals surface area (Å²) in [6.45, 7) is 5.81. The van der Waals surface area contributed by atoms with Crippen molar-refractivity contribution in [2.75, 3.05) is 18.5 Å². The second kappa shape index (κ2) is 5.85. The molecule has 1 amide bonds. The predicted octanol–water partition coefficient (Wildman–Crippen LogP) is 2.34. The molecule has 1 aliphatic heterocycles. The van der Waals surface area contributed by atoms with Gasteiger partial charge in [-0.25, -0.2) is 4.79 Å². The Bertz CT molecular complexity index is 546. The zero-order chi connectivity index (χ0) is 14.8. The first-order chi connectivity index (χ1) is 9.53. The van der Waals surface area contributed by atoms with Crippen LogP contribution in [-0.4, -0.2) is 30.0 Å². The fourth-order valence-corrected chi connectivity index (χ4v) is 3.19. The molecule has 0 spiro atoms. The molecule has 0 bridgehead atoms. The van der Waals surface area contributed by atoms with E-state index in [1.165, 1.54) is 0 Å². The summed E-state index contributed by atoms with van der Waals surface area (Å²) < 4.78 is 10.5. The average Bonchev–Trinajstić information content (AvgIpc) is 2.40. The number of carbonyl (C=O) groups is 2. The highest BCUT2D eigenvalue weighted by molar-refractivity contribution is 8.02. The Morgan fingerprint density at radius 3 is 2.75 bits per heavy atom. The van der Waals surface area contributed by atoms with Gasteiger partial charge in [0.15, 0.2) is 0 Å². The van der Waals surface area contributed by atoms with Gasteiger partial charge < -0.3 is 14.8 Å². The zero-order valence-electron chi connectivity index (χ0n) is 11.7. The molecule has 1 aromatic rings. The Balaban J connectivity index is 2.43. The number of anilines is 1. The van der Waals surface area contributed by atoms with Gasteiger partial charge >= 0.3 is 5.97 Å². The van der Waals surface area contributed by atoms with E-state index < -0.39 is 16.8 Å². The molecular weight excluding hydrogens is 278 g/mol. The standard InChI is InChI=1S/C14H17NO4S/c1-4-18-13(17)14(19-5-2)12(16)15-10-7-6-9(3)8-11(10)20-14/h6-8H,4-5H2,1-3H3,(H,15,16). The summed E-state index contributed by atoms with van der Waals surface area (Å²) in [7, 11) is 0. The maximum Gasteiger partial charge on any atom is 0.359 e. The highest BCUT2D eigenvalue weighted by atomic mass is 32.2. The minimum absolute atomic E-state index is 0.197. The maximum absolute atomic E-state index is 12.3. The van der Waals surface area contributed by atoms with Gasteiger partial charge in [-0.2, -0.15) is 0 Å². The first-order valence-corrected chi connectivity index (χ1v) is 7.27. The van der Waals surface area contributed by atoms with Gasteiger partial charge in [-0.15, -0.1) is 0 Å². The summed E-state index contributed by atoms with van der Waals surface area (Å²) in [5.41, 5.74) is 1.73. The molecule has 1 heterocycles. The summed E-state index contributed by atoms with van der Waals surface area (Å²) >= 11 is 1.09. The van der Waals surface area contributed by atoms with Gasteiger partial charge in [0.25, 0.3) is 10.8 Å². The van der Waals surface area contributed by atoms with Crippen LogP contribution in [0.5, 0.6) is 0 Å². The van der Waals surface area contributed by atoms with Crippen LogP contribution in [0.25, 0.3) is 0 Å². The molecule has 6 heteroatoms. The monoisotopic (exact) mass is 295 g/mol. The number of aryl methyl sites for hydroxylation is 1. The van der Waals surface area contributed by atoms with E-state index in [2.05, 4.69) is 5.32 Å². The van der Waals surface area contributed by atoms with Crippen molar-refractivity contribution >= 4 is 29.3 Å². The van der Waals surface area contributed by atoms with Gasteiger partial charge in [0.1, 0.15) is 0 Å². The molecule has 108 valence electrons. The quantitative estimate of drug-likeness (QED) is 0.682. The molecule has 5 nitrogen and oxygen atoms in total. The molecule has 20 heavy (non-hydrogen) atoms. The molecule has 0 saturated carbocycles. The number of hydrogen-bond acceptors (Lipinski definition) is 5. The lowest BCUT2D eigenvalue weighted by Crippen LogP contribution is -2.52. The van der Waals surface area contributed by atoms with Crippen molar-refractivity contribution in [3.8, 4) is 0 Å². The van der Waals surface area contributed by atoms with Crippen molar-refractivity contribution in [2.45, 2.75) is 30.6 Å². The summed E-state index contributed by atoms with van der Waals surface area (Å²) in [5.74, 6) is -1.17. The average molecular weight is 295 g/mol. The number of fused-ring (bicyclic) bond motifs is 1. The van der Waals surface area contributed by atoms with E-state index in [4.69, 9.17) is 9.47 Å². The molecule has 1 aliphatic rings. The third-order valence-corrected chi connectivity index (χ3v) is 4.14. The number of ether oxygens (including phenoxy) is 2. The number of nitrogens with one attached hydrogen (secondary N) is 1. The second-order valence-electron chi connectivity index (χ2n) is 4.33. The Morgan fingerprint density at radius 2 is 2.10 bits per heavy atom. The molecule has 0 aromatic heterocycles. The smallest absolute Gasteiger partial charge is 0.359 e. The fraction of sp³-hybridized carbons (Fsp3) is 0.429. The van der Waals surface area contributed by atoms with Crippen LogP contribution >= 0.6 is 11.8 Å². The summed E-state index contributed by atoms with van der Waals surface area (Å²) in [6.07, 6.45) is 0. The van der Waals surface area contributed by atoms with Crippen LogP contribution in [0, 0.1) is 6.92 Å². The molecule has 1 atom stereocenters. The van der Waals surface area contributed by atoms with E-state index in [1.807, 2.05) is 25.1 Å². The van der Waals surface area contributed by atoms with E-state index in [1.54, 1.807) is 13.8 Å². The first kappa shape index (κ1) is 14.9. The van der Waals surface area contributed by atoms with Crippen molar-refractivity contribution in [3.05, 3.63) is 23.8 Å². The van der Waals surface area contributed by atoms with Gasteiger partial charge in [-0.1, -0.05) is 17.8 Å². The van der Waals surface area contributed by atoms with Crippen LogP contribution < -0.4 is 5.32 Å². The highest BCUT2D eigenvalue weighted by Gasteiger charge is 2.52. The minimum Gasteiger partial charge on any atom is -0.463 e. The number of carbonyl (C=O) groups excluding carboxylic acids is 2. The maximum atomic E-state index is 12.3. The Morgan fingerprint density at radius 1 is 1.35 bits per heavy atom. The van der Waals surface area contributed by atoms with Crippen LogP contribution in [0.4, 0.5) is 5.69 Å². The van der Waals surface area contributed by atoms with Gasteiger partial charge in [-0.05, 0) is 38.5 Å². The van der Waals surface area contributed by atoms with E-state index in [9.17, 15) is 9.59 Å². The zero-order valence-corrected chi connectivity index (χ0v) is 12.5. The lowest BCUT2D eigenvalue weighted by Gasteiger charge is -2.33. The molecule has 0 fully saturated rings. The van der Waals surface area contributed by atoms with Crippen LogP contribution in [0.3, 0.4) is 0 Å². The number of amides is 1. The lowest BCUT2D eigenvalue weighted by atomic mass is 10.2. The molecule has 0 aliphatic carbocycles. The molecule has 1 aromatic carbocycles. The molecule has 1 unspecified atom stereocenters. The lowest BCUT2D eigenvalue weighted by molar-refractivity contribution is -0.164. The Hall–Kier alpha value is -1.53. The van der Waals surface area contributed by atoms with Crippen molar-refractivity contribution in [3.63, 3.8) is 0 Å². The number of thioether (sulfide) groups is 1. The van der Waals surface area contributed by atoms with Crippen LogP contribution in [-0.2, 0) is 19.1 Å². The Kier molecular flexibility index (Phi) is 4.35. The van der Waals surface area contributed by atoms with Crippen LogP contribution in [0.15, 0.2) is 23.1 Å². The van der Waals surface area contributed by atoms with Crippen LogP contribution in [0.2, 0.25) is 0 Å². The van der Waals surface area contributed by atoms with E-state index >= 15 is 0 Å².